The Morgan fingerprint density at radius 2 is 1.56 bits per heavy atom. The molecule has 6 heteroatoms. The summed E-state index contributed by atoms with van der Waals surface area (Å²) in [5.74, 6) is 0.655. The Labute approximate surface area is 201 Å². The Kier molecular flexibility index (Phi) is 7.25. The van der Waals surface area contributed by atoms with Crippen LogP contribution in [0.25, 0.3) is 0 Å². The molecule has 4 rings (SSSR count). The number of carbonyl (C=O) groups is 2. The van der Waals surface area contributed by atoms with Crippen molar-refractivity contribution < 1.29 is 19.1 Å². The number of amides is 2. The molecule has 6 nitrogen and oxygen atoms in total. The number of alkyl carbamates (subject to hydrolysis) is 1. The Bertz CT molecular complexity index is 1000. The van der Waals surface area contributed by atoms with E-state index in [0.717, 1.165) is 17.5 Å². The van der Waals surface area contributed by atoms with Gasteiger partial charge in [-0.25, -0.2) is 9.59 Å². The number of nitrogens with zero attached hydrogens (tertiary/aromatic N) is 1. The maximum absolute atomic E-state index is 13.2. The number of hydrogen-bond acceptors (Lipinski definition) is 4. The third-order valence-corrected chi connectivity index (χ3v) is 6.42. The summed E-state index contributed by atoms with van der Waals surface area (Å²) in [5, 5.41) is 3.09. The molecule has 1 saturated carbocycles. The van der Waals surface area contributed by atoms with E-state index < -0.39 is 11.7 Å². The Morgan fingerprint density at radius 3 is 2.21 bits per heavy atom. The minimum atomic E-state index is -0.562. The predicted octanol–water partition coefficient (Wildman–Crippen LogP) is 5.54. The number of fused-ring (bicyclic) bond motifs is 2. The van der Waals surface area contributed by atoms with E-state index in [4.69, 9.17) is 9.47 Å². The second-order valence-corrected chi connectivity index (χ2v) is 10.2. The molecule has 0 heterocycles. The van der Waals surface area contributed by atoms with Gasteiger partial charge in [0.2, 0.25) is 0 Å². The monoisotopic (exact) mass is 462 g/mol. The van der Waals surface area contributed by atoms with Gasteiger partial charge in [-0.05, 0) is 50.2 Å². The summed E-state index contributed by atoms with van der Waals surface area (Å²) in [6, 6.07) is 19.5. The molecule has 2 bridgehead atoms. The summed E-state index contributed by atoms with van der Waals surface area (Å²) in [7, 11) is 0. The number of hydrogen-bond donors (Lipinski definition) is 1. The van der Waals surface area contributed by atoms with Crippen molar-refractivity contribution in [2.24, 2.45) is 17.8 Å². The van der Waals surface area contributed by atoms with E-state index in [1.807, 2.05) is 81.4 Å². The second-order valence-electron chi connectivity index (χ2n) is 10.2. The molecule has 0 aromatic heterocycles. The summed E-state index contributed by atoms with van der Waals surface area (Å²) in [5.41, 5.74) is 1.42. The minimum absolute atomic E-state index is 0.0787. The number of allylic oxidation sites excluding steroid dienone is 1. The molecule has 4 atom stereocenters. The van der Waals surface area contributed by atoms with E-state index in [2.05, 4.69) is 17.5 Å². The van der Waals surface area contributed by atoms with Gasteiger partial charge in [0.25, 0.3) is 0 Å². The Hall–Kier alpha value is -3.28. The standard InChI is InChI=1S/C28H34N2O4/c1-28(2,3)34-26(31)29-25-23-15-14-22(16-23)24(25)18-30(17-20-10-6-4-7-11-20)27(32)33-19-21-12-8-5-9-13-21/h4-15,22-25H,16-19H2,1-3H3,(H,29,31)/t22-,23+,24-,25+/m0/s1. The van der Waals surface area contributed by atoms with Crippen molar-refractivity contribution in [1.82, 2.24) is 10.2 Å². The van der Waals surface area contributed by atoms with Crippen molar-refractivity contribution in [1.29, 1.82) is 0 Å². The summed E-state index contributed by atoms with van der Waals surface area (Å²) in [6.07, 6.45) is 4.61. The van der Waals surface area contributed by atoms with Crippen molar-refractivity contribution >= 4 is 12.2 Å². The van der Waals surface area contributed by atoms with Gasteiger partial charge in [0.15, 0.2) is 0 Å². The zero-order chi connectivity index (χ0) is 24.1. The molecule has 0 spiro atoms. The quantitative estimate of drug-likeness (QED) is 0.549. The number of carbonyl (C=O) groups excluding carboxylic acids is 2. The molecule has 34 heavy (non-hydrogen) atoms. The highest BCUT2D eigenvalue weighted by molar-refractivity contribution is 5.69. The van der Waals surface area contributed by atoms with Gasteiger partial charge >= 0.3 is 12.2 Å². The van der Waals surface area contributed by atoms with Crippen molar-refractivity contribution in [3.8, 4) is 0 Å². The van der Waals surface area contributed by atoms with Gasteiger partial charge in [-0.15, -0.1) is 0 Å². The van der Waals surface area contributed by atoms with Crippen LogP contribution in [-0.2, 0) is 22.6 Å². The van der Waals surface area contributed by atoms with Crippen LogP contribution in [0.3, 0.4) is 0 Å². The van der Waals surface area contributed by atoms with Gasteiger partial charge in [0.05, 0.1) is 0 Å². The van der Waals surface area contributed by atoms with Crippen LogP contribution in [0.1, 0.15) is 38.3 Å². The third kappa shape index (κ3) is 6.19. The lowest BCUT2D eigenvalue weighted by molar-refractivity contribution is 0.0464. The molecule has 0 saturated heterocycles. The van der Waals surface area contributed by atoms with Crippen LogP contribution in [0, 0.1) is 17.8 Å². The van der Waals surface area contributed by atoms with Crippen molar-refractivity contribution in [3.05, 3.63) is 83.9 Å². The first-order valence-corrected chi connectivity index (χ1v) is 12.0. The van der Waals surface area contributed by atoms with Crippen molar-refractivity contribution in [2.75, 3.05) is 6.54 Å². The summed E-state index contributed by atoms with van der Waals surface area (Å²) < 4.78 is 11.2. The van der Waals surface area contributed by atoms with Crippen molar-refractivity contribution in [2.45, 2.75) is 52.0 Å². The average molecular weight is 463 g/mol. The number of rotatable bonds is 7. The first kappa shape index (κ1) is 23.9. The molecule has 2 aliphatic carbocycles. The van der Waals surface area contributed by atoms with Gasteiger partial charge in [0.1, 0.15) is 12.2 Å². The second kappa shape index (κ2) is 10.3. The number of ether oxygens (including phenoxy) is 2. The molecule has 180 valence electrons. The fraction of sp³-hybridized carbons (Fsp3) is 0.429. The highest BCUT2D eigenvalue weighted by atomic mass is 16.6. The molecule has 1 N–H and O–H groups in total. The summed E-state index contributed by atoms with van der Waals surface area (Å²) >= 11 is 0. The van der Waals surface area contributed by atoms with E-state index >= 15 is 0 Å². The molecule has 2 aromatic carbocycles. The van der Waals surface area contributed by atoms with Gasteiger partial charge in [-0.1, -0.05) is 72.8 Å². The molecular weight excluding hydrogens is 428 g/mol. The topological polar surface area (TPSA) is 67.9 Å². The Balaban J connectivity index is 1.48. The number of nitrogens with one attached hydrogen (secondary N) is 1. The van der Waals surface area contributed by atoms with E-state index in [1.165, 1.54) is 0 Å². The van der Waals surface area contributed by atoms with Crippen LogP contribution < -0.4 is 5.32 Å². The van der Waals surface area contributed by atoms with Gasteiger partial charge in [-0.3, -0.25) is 0 Å². The first-order chi connectivity index (χ1) is 16.3. The fourth-order valence-corrected chi connectivity index (χ4v) is 4.90. The lowest BCUT2D eigenvalue weighted by Gasteiger charge is -2.34. The molecule has 2 amide bonds. The maximum atomic E-state index is 13.2. The van der Waals surface area contributed by atoms with Gasteiger partial charge in [0, 0.05) is 25.0 Å². The lowest BCUT2D eigenvalue weighted by Crippen LogP contribution is -2.49. The smallest absolute Gasteiger partial charge is 0.410 e. The van der Waals surface area contributed by atoms with Gasteiger partial charge in [-0.2, -0.15) is 0 Å². The summed E-state index contributed by atoms with van der Waals surface area (Å²) in [6.45, 7) is 6.74. The van der Waals surface area contributed by atoms with E-state index in [1.54, 1.807) is 4.90 Å². The highest BCUT2D eigenvalue weighted by Gasteiger charge is 2.46. The molecule has 1 fully saturated rings. The van der Waals surface area contributed by atoms with Gasteiger partial charge < -0.3 is 19.7 Å². The highest BCUT2D eigenvalue weighted by Crippen LogP contribution is 2.44. The van der Waals surface area contributed by atoms with Crippen LogP contribution in [-0.4, -0.2) is 35.3 Å². The van der Waals surface area contributed by atoms with Crippen LogP contribution in [0.4, 0.5) is 9.59 Å². The summed E-state index contributed by atoms with van der Waals surface area (Å²) in [4.78, 5) is 27.5. The third-order valence-electron chi connectivity index (χ3n) is 6.42. The van der Waals surface area contributed by atoms with Crippen LogP contribution in [0.2, 0.25) is 0 Å². The first-order valence-electron chi connectivity index (χ1n) is 12.0. The molecule has 0 radical (unpaired) electrons. The van der Waals surface area contributed by atoms with E-state index in [9.17, 15) is 9.59 Å². The predicted molar refractivity (Wildman–Crippen MR) is 131 cm³/mol. The van der Waals surface area contributed by atoms with E-state index in [-0.39, 0.29) is 30.6 Å². The normalized spacial score (nSPS) is 22.9. The largest absolute Gasteiger partial charge is 0.445 e. The lowest BCUT2D eigenvalue weighted by atomic mass is 9.88. The zero-order valence-corrected chi connectivity index (χ0v) is 20.1. The van der Waals surface area contributed by atoms with Crippen LogP contribution in [0.5, 0.6) is 0 Å². The molecule has 0 unspecified atom stereocenters. The number of benzene rings is 2. The molecule has 2 aromatic rings. The molecule has 2 aliphatic rings. The van der Waals surface area contributed by atoms with Crippen LogP contribution >= 0.6 is 0 Å². The van der Waals surface area contributed by atoms with Crippen LogP contribution in [0.15, 0.2) is 72.8 Å². The van der Waals surface area contributed by atoms with E-state index in [0.29, 0.717) is 19.0 Å². The maximum Gasteiger partial charge on any atom is 0.410 e. The molecular formula is C28H34N2O4. The SMILES string of the molecule is CC(C)(C)OC(=O)N[C@H]1[C@@H](CN(Cc2ccccc2)C(=O)OCc2ccccc2)[C@H]2C=C[C@@H]1C2. The minimum Gasteiger partial charge on any atom is -0.445 e. The fourth-order valence-electron chi connectivity index (χ4n) is 4.90. The average Bonchev–Trinajstić information content (AvgIpc) is 3.40. The molecule has 0 aliphatic heterocycles. The Morgan fingerprint density at radius 1 is 0.941 bits per heavy atom. The van der Waals surface area contributed by atoms with Crippen molar-refractivity contribution in [3.63, 3.8) is 0 Å². The zero-order valence-electron chi connectivity index (χ0n) is 20.1.